The van der Waals surface area contributed by atoms with Gasteiger partial charge in [-0.25, -0.2) is 0 Å². The molecule has 0 atom stereocenters. The smallest absolute Gasteiger partial charge is 0.185 e. The molecule has 0 aliphatic rings. The highest BCUT2D eigenvalue weighted by molar-refractivity contribution is 5.75. The molecule has 0 fully saturated rings. The van der Waals surface area contributed by atoms with Crippen LogP contribution in [-0.4, -0.2) is 12.5 Å². The molecule has 3 heteroatoms. The summed E-state index contributed by atoms with van der Waals surface area (Å²) in [6, 6.07) is 0. The average Bonchev–Trinajstić information content (AvgIpc) is 1.61. The van der Waals surface area contributed by atoms with E-state index in [-0.39, 0.29) is 5.96 Å². The molecular weight excluding hydrogens is 102 g/mol. The van der Waals surface area contributed by atoms with E-state index in [0.29, 0.717) is 5.92 Å². The molecule has 48 valence electrons. The van der Waals surface area contributed by atoms with Crippen LogP contribution in [0.1, 0.15) is 13.8 Å². The molecule has 0 aliphatic heterocycles. The van der Waals surface area contributed by atoms with Crippen LogP contribution >= 0.6 is 0 Å². The Morgan fingerprint density at radius 2 is 2.00 bits per heavy atom. The maximum Gasteiger partial charge on any atom is 0.185 e. The molecule has 0 saturated carbocycles. The highest BCUT2D eigenvalue weighted by Crippen LogP contribution is 1.89. The van der Waals surface area contributed by atoms with E-state index < -0.39 is 0 Å². The Labute approximate surface area is 49.8 Å². The van der Waals surface area contributed by atoms with Gasteiger partial charge in [0, 0.05) is 6.54 Å². The minimum Gasteiger partial charge on any atom is -0.370 e. The lowest BCUT2D eigenvalue weighted by Crippen LogP contribution is -2.23. The third kappa shape index (κ3) is 5.27. The van der Waals surface area contributed by atoms with Crippen LogP contribution < -0.4 is 11.5 Å². The summed E-state index contributed by atoms with van der Waals surface area (Å²) in [5.41, 5.74) is 10.1. The van der Waals surface area contributed by atoms with Gasteiger partial charge in [0.25, 0.3) is 0 Å². The van der Waals surface area contributed by atoms with Crippen LogP contribution in [0.25, 0.3) is 0 Å². The number of nitrogens with two attached hydrogens (primary N) is 2. The minimum atomic E-state index is 0.179. The molecule has 0 aromatic heterocycles. The molecule has 0 aliphatic carbocycles. The van der Waals surface area contributed by atoms with E-state index in [2.05, 4.69) is 18.8 Å². The van der Waals surface area contributed by atoms with E-state index in [1.54, 1.807) is 0 Å². The summed E-state index contributed by atoms with van der Waals surface area (Å²) in [5, 5.41) is 0. The van der Waals surface area contributed by atoms with E-state index in [1.807, 2.05) is 0 Å². The van der Waals surface area contributed by atoms with Crippen molar-refractivity contribution >= 4 is 5.96 Å². The monoisotopic (exact) mass is 115 g/mol. The second kappa shape index (κ2) is 3.29. The third-order valence-corrected chi connectivity index (χ3v) is 0.639. The normalized spacial score (nSPS) is 9.38. The molecular formula is C5H13N3. The zero-order chi connectivity index (χ0) is 6.57. The fourth-order valence-electron chi connectivity index (χ4n) is 0.288. The Balaban J connectivity index is 3.29. The molecule has 0 amide bonds. The van der Waals surface area contributed by atoms with Crippen molar-refractivity contribution < 1.29 is 0 Å². The van der Waals surface area contributed by atoms with E-state index in [1.165, 1.54) is 0 Å². The summed E-state index contributed by atoms with van der Waals surface area (Å²) in [7, 11) is 0. The summed E-state index contributed by atoms with van der Waals surface area (Å²) in [5.74, 6) is 0.718. The van der Waals surface area contributed by atoms with E-state index in [4.69, 9.17) is 11.5 Å². The van der Waals surface area contributed by atoms with Crippen LogP contribution in [0.5, 0.6) is 0 Å². The van der Waals surface area contributed by atoms with Gasteiger partial charge in [0.05, 0.1) is 0 Å². The quantitative estimate of drug-likeness (QED) is 0.390. The van der Waals surface area contributed by atoms with Crippen LogP contribution in [0.4, 0.5) is 0 Å². The van der Waals surface area contributed by atoms with Gasteiger partial charge in [-0.1, -0.05) is 13.8 Å². The van der Waals surface area contributed by atoms with Crippen LogP contribution in [0.2, 0.25) is 0 Å². The van der Waals surface area contributed by atoms with Gasteiger partial charge in [-0.15, -0.1) is 0 Å². The maximum atomic E-state index is 5.07. The molecule has 0 bridgehead atoms. The van der Waals surface area contributed by atoms with Crippen LogP contribution in [-0.2, 0) is 0 Å². The van der Waals surface area contributed by atoms with Gasteiger partial charge in [-0.2, -0.15) is 0 Å². The molecule has 8 heavy (non-hydrogen) atoms. The van der Waals surface area contributed by atoms with Gasteiger partial charge in [0.2, 0.25) is 0 Å². The summed E-state index contributed by atoms with van der Waals surface area (Å²) in [6.45, 7) is 4.85. The Bertz CT molecular complexity index is 81.7. The SMILES string of the molecule is CC(C)CN=C(N)N. The first kappa shape index (κ1) is 7.27. The molecule has 0 heterocycles. The Morgan fingerprint density at radius 1 is 1.50 bits per heavy atom. The van der Waals surface area contributed by atoms with Crippen LogP contribution in [0, 0.1) is 5.92 Å². The number of hydrogen-bond donors (Lipinski definition) is 2. The Kier molecular flexibility index (Phi) is 2.99. The lowest BCUT2D eigenvalue weighted by Gasteiger charge is -1.96. The number of aliphatic imine (C=N–C) groups is 1. The summed E-state index contributed by atoms with van der Waals surface area (Å²) in [4.78, 5) is 3.80. The zero-order valence-electron chi connectivity index (χ0n) is 5.39. The summed E-state index contributed by atoms with van der Waals surface area (Å²) >= 11 is 0. The molecule has 0 rings (SSSR count). The molecule has 0 unspecified atom stereocenters. The molecule has 0 saturated heterocycles. The van der Waals surface area contributed by atoms with Gasteiger partial charge in [0.1, 0.15) is 0 Å². The van der Waals surface area contributed by atoms with Gasteiger partial charge < -0.3 is 11.5 Å². The van der Waals surface area contributed by atoms with Crippen molar-refractivity contribution in [3.63, 3.8) is 0 Å². The first-order valence-corrected chi connectivity index (χ1v) is 2.68. The standard InChI is InChI=1S/C5H13N3/c1-4(2)3-8-5(6)7/h4H,3H2,1-2H3,(H4,6,7,8). The van der Waals surface area contributed by atoms with E-state index in [9.17, 15) is 0 Å². The second-order valence-corrected chi connectivity index (χ2v) is 2.16. The number of rotatable bonds is 2. The van der Waals surface area contributed by atoms with Crippen molar-refractivity contribution in [2.24, 2.45) is 22.4 Å². The average molecular weight is 115 g/mol. The third-order valence-electron chi connectivity index (χ3n) is 0.639. The highest BCUT2D eigenvalue weighted by atomic mass is 15.0. The van der Waals surface area contributed by atoms with Gasteiger partial charge in [-0.05, 0) is 5.92 Å². The largest absolute Gasteiger partial charge is 0.370 e. The predicted molar refractivity (Wildman–Crippen MR) is 35.5 cm³/mol. The minimum absolute atomic E-state index is 0.179. The first-order chi connectivity index (χ1) is 3.63. The fourth-order valence-corrected chi connectivity index (χ4v) is 0.288. The van der Waals surface area contributed by atoms with E-state index >= 15 is 0 Å². The maximum absolute atomic E-state index is 5.07. The predicted octanol–water partition coefficient (Wildman–Crippen LogP) is -0.0842. The first-order valence-electron chi connectivity index (χ1n) is 2.68. The second-order valence-electron chi connectivity index (χ2n) is 2.16. The Hall–Kier alpha value is -0.730. The van der Waals surface area contributed by atoms with Gasteiger partial charge in [-0.3, -0.25) is 4.99 Å². The summed E-state index contributed by atoms with van der Waals surface area (Å²) in [6.07, 6.45) is 0. The topological polar surface area (TPSA) is 64.4 Å². The molecule has 0 aromatic carbocycles. The van der Waals surface area contributed by atoms with Crippen molar-refractivity contribution in [3.05, 3.63) is 0 Å². The lowest BCUT2D eigenvalue weighted by molar-refractivity contribution is 0.664. The molecule has 0 spiro atoms. The van der Waals surface area contributed by atoms with Crippen molar-refractivity contribution in [2.45, 2.75) is 13.8 Å². The molecule has 0 radical (unpaired) electrons. The molecule has 0 aromatic rings. The number of hydrogen-bond acceptors (Lipinski definition) is 1. The molecule has 3 nitrogen and oxygen atoms in total. The summed E-state index contributed by atoms with van der Waals surface area (Å²) < 4.78 is 0. The van der Waals surface area contributed by atoms with E-state index in [0.717, 1.165) is 6.54 Å². The number of nitrogens with zero attached hydrogens (tertiary/aromatic N) is 1. The fraction of sp³-hybridized carbons (Fsp3) is 0.800. The van der Waals surface area contributed by atoms with Gasteiger partial charge >= 0.3 is 0 Å². The van der Waals surface area contributed by atoms with Crippen LogP contribution in [0.15, 0.2) is 4.99 Å². The van der Waals surface area contributed by atoms with Crippen molar-refractivity contribution in [2.75, 3.05) is 6.54 Å². The van der Waals surface area contributed by atoms with Crippen LogP contribution in [0.3, 0.4) is 0 Å². The number of guanidine groups is 1. The molecule has 4 N–H and O–H groups in total. The van der Waals surface area contributed by atoms with Gasteiger partial charge in [0.15, 0.2) is 5.96 Å². The highest BCUT2D eigenvalue weighted by Gasteiger charge is 1.88. The lowest BCUT2D eigenvalue weighted by atomic mass is 10.2. The zero-order valence-corrected chi connectivity index (χ0v) is 5.39. The van der Waals surface area contributed by atoms with Crippen molar-refractivity contribution in [1.29, 1.82) is 0 Å². The van der Waals surface area contributed by atoms with Crippen molar-refractivity contribution in [1.82, 2.24) is 0 Å². The van der Waals surface area contributed by atoms with Crippen molar-refractivity contribution in [3.8, 4) is 0 Å². The Morgan fingerprint density at radius 3 is 2.12 bits per heavy atom.